The molecule has 0 aliphatic rings. The molecule has 1 unspecified atom stereocenters. The SMILES string of the molecule is CS(=O)O[Si](C)(C)C. The van der Waals surface area contributed by atoms with Crippen LogP contribution in [0.5, 0.6) is 0 Å². The maximum absolute atomic E-state index is 10.4. The summed E-state index contributed by atoms with van der Waals surface area (Å²) in [5.74, 6) is 0. The molecular weight excluding hydrogens is 140 g/mol. The summed E-state index contributed by atoms with van der Waals surface area (Å²) < 4.78 is 15.4. The van der Waals surface area contributed by atoms with Gasteiger partial charge in [0.05, 0.1) is 0 Å². The molecule has 0 heterocycles. The molecule has 0 saturated heterocycles. The van der Waals surface area contributed by atoms with Gasteiger partial charge in [-0.1, -0.05) is 0 Å². The molecule has 0 aromatic heterocycles. The van der Waals surface area contributed by atoms with Gasteiger partial charge >= 0.3 is 0 Å². The lowest BCUT2D eigenvalue weighted by Crippen LogP contribution is -2.25. The van der Waals surface area contributed by atoms with Gasteiger partial charge in [-0.3, -0.25) is 0 Å². The van der Waals surface area contributed by atoms with Gasteiger partial charge in [-0.25, -0.2) is 4.21 Å². The van der Waals surface area contributed by atoms with E-state index >= 15 is 0 Å². The van der Waals surface area contributed by atoms with Gasteiger partial charge in [-0.05, 0) is 19.6 Å². The van der Waals surface area contributed by atoms with E-state index in [0.29, 0.717) is 0 Å². The van der Waals surface area contributed by atoms with Crippen LogP contribution in [0.2, 0.25) is 19.6 Å². The fraction of sp³-hybridized carbons (Fsp3) is 1.00. The van der Waals surface area contributed by atoms with E-state index in [0.717, 1.165) is 0 Å². The number of rotatable bonds is 2. The fourth-order valence-corrected chi connectivity index (χ4v) is 3.17. The van der Waals surface area contributed by atoms with Crippen LogP contribution in [0.1, 0.15) is 0 Å². The Kier molecular flexibility index (Phi) is 2.86. The Labute approximate surface area is 54.0 Å². The second-order valence-corrected chi connectivity index (χ2v) is 8.29. The maximum Gasteiger partial charge on any atom is 0.205 e. The summed E-state index contributed by atoms with van der Waals surface area (Å²) in [6, 6.07) is 0. The van der Waals surface area contributed by atoms with Crippen molar-refractivity contribution in [3.05, 3.63) is 0 Å². The van der Waals surface area contributed by atoms with E-state index in [1.54, 1.807) is 6.26 Å². The Morgan fingerprint density at radius 1 is 1.38 bits per heavy atom. The van der Waals surface area contributed by atoms with Gasteiger partial charge in [-0.2, -0.15) is 0 Å². The Balaban J connectivity index is 3.55. The summed E-state index contributed by atoms with van der Waals surface area (Å²) in [4.78, 5) is 0. The van der Waals surface area contributed by atoms with E-state index in [1.165, 1.54) is 0 Å². The highest BCUT2D eigenvalue weighted by Crippen LogP contribution is 2.02. The summed E-state index contributed by atoms with van der Waals surface area (Å²) in [7, 11) is -1.52. The Hall–Kier alpha value is 0.327. The molecule has 2 nitrogen and oxygen atoms in total. The molecule has 0 bridgehead atoms. The van der Waals surface area contributed by atoms with Crippen LogP contribution >= 0.6 is 0 Å². The summed E-state index contributed by atoms with van der Waals surface area (Å²) in [6.07, 6.45) is 1.55. The second kappa shape index (κ2) is 2.75. The molecule has 50 valence electrons. The molecule has 0 aliphatic heterocycles. The molecule has 8 heavy (non-hydrogen) atoms. The molecule has 0 spiro atoms. The van der Waals surface area contributed by atoms with Crippen molar-refractivity contribution in [3.8, 4) is 0 Å². The van der Waals surface area contributed by atoms with Gasteiger partial charge in [0.2, 0.25) is 8.32 Å². The zero-order chi connectivity index (χ0) is 6.78. The Bertz CT molecular complexity index is 96.7. The molecule has 0 amide bonds. The first kappa shape index (κ1) is 8.33. The summed E-state index contributed by atoms with van der Waals surface area (Å²) in [5, 5.41) is 0. The lowest BCUT2D eigenvalue weighted by molar-refractivity contribution is 0.569. The average Bonchev–Trinajstić information content (AvgIpc) is 1.21. The fourth-order valence-electron chi connectivity index (χ4n) is 0.352. The quantitative estimate of drug-likeness (QED) is 0.554. The zero-order valence-electron chi connectivity index (χ0n) is 5.72. The monoisotopic (exact) mass is 152 g/mol. The van der Waals surface area contributed by atoms with Crippen LogP contribution in [0.25, 0.3) is 0 Å². The van der Waals surface area contributed by atoms with Crippen LogP contribution in [-0.2, 0) is 15.0 Å². The van der Waals surface area contributed by atoms with E-state index in [4.69, 9.17) is 3.87 Å². The van der Waals surface area contributed by atoms with Gasteiger partial charge in [0.15, 0.2) is 0 Å². The highest BCUT2D eigenvalue weighted by molar-refractivity contribution is 7.80. The molecule has 0 rings (SSSR count). The van der Waals surface area contributed by atoms with E-state index in [1.807, 2.05) is 19.6 Å². The molecule has 0 N–H and O–H groups in total. The predicted molar refractivity (Wildman–Crippen MR) is 38.5 cm³/mol. The van der Waals surface area contributed by atoms with Crippen molar-refractivity contribution in [2.45, 2.75) is 19.6 Å². The minimum absolute atomic E-state index is 1.07. The Morgan fingerprint density at radius 2 is 1.75 bits per heavy atom. The number of hydrogen-bond acceptors (Lipinski definition) is 2. The third-order valence-corrected chi connectivity index (χ3v) is 3.31. The minimum Gasteiger partial charge on any atom is -0.335 e. The molecule has 0 aromatic carbocycles. The van der Waals surface area contributed by atoms with Gasteiger partial charge in [-0.15, -0.1) is 0 Å². The molecule has 4 heteroatoms. The molecule has 0 aliphatic carbocycles. The van der Waals surface area contributed by atoms with Crippen molar-refractivity contribution < 1.29 is 8.08 Å². The van der Waals surface area contributed by atoms with Crippen molar-refractivity contribution >= 4 is 19.4 Å². The minimum atomic E-state index is -1.52. The second-order valence-electron chi connectivity index (χ2n) is 2.60. The topological polar surface area (TPSA) is 26.3 Å². The molecule has 0 saturated carbocycles. The third-order valence-electron chi connectivity index (χ3n) is 0.367. The van der Waals surface area contributed by atoms with Gasteiger partial charge in [0.25, 0.3) is 0 Å². The molecule has 0 radical (unpaired) electrons. The van der Waals surface area contributed by atoms with Gasteiger partial charge < -0.3 is 3.87 Å². The zero-order valence-corrected chi connectivity index (χ0v) is 7.54. The van der Waals surface area contributed by atoms with Gasteiger partial charge in [0, 0.05) is 6.26 Å². The molecule has 1 atom stereocenters. The highest BCUT2D eigenvalue weighted by atomic mass is 32.2. The molecular formula is C4H12O2SSi. The molecule has 0 fully saturated rings. The summed E-state index contributed by atoms with van der Waals surface area (Å²) in [5.41, 5.74) is 0. The van der Waals surface area contributed by atoms with E-state index < -0.39 is 19.4 Å². The van der Waals surface area contributed by atoms with Crippen LogP contribution in [0, 0.1) is 0 Å². The van der Waals surface area contributed by atoms with E-state index in [2.05, 4.69) is 0 Å². The maximum atomic E-state index is 10.4. The van der Waals surface area contributed by atoms with Crippen molar-refractivity contribution in [1.82, 2.24) is 0 Å². The van der Waals surface area contributed by atoms with Crippen LogP contribution in [-0.4, -0.2) is 18.8 Å². The van der Waals surface area contributed by atoms with E-state index in [9.17, 15) is 4.21 Å². The van der Waals surface area contributed by atoms with Crippen LogP contribution in [0.3, 0.4) is 0 Å². The van der Waals surface area contributed by atoms with Crippen molar-refractivity contribution in [2.75, 3.05) is 6.26 Å². The summed E-state index contributed by atoms with van der Waals surface area (Å²) in [6.45, 7) is 6.02. The van der Waals surface area contributed by atoms with Crippen LogP contribution in [0.4, 0.5) is 0 Å². The van der Waals surface area contributed by atoms with Crippen LogP contribution in [0.15, 0.2) is 0 Å². The lowest BCUT2D eigenvalue weighted by atomic mass is 11.8. The van der Waals surface area contributed by atoms with Crippen molar-refractivity contribution in [3.63, 3.8) is 0 Å². The first-order valence-corrected chi connectivity index (χ1v) is 7.34. The lowest BCUT2D eigenvalue weighted by Gasteiger charge is -2.12. The van der Waals surface area contributed by atoms with Crippen molar-refractivity contribution in [1.29, 1.82) is 0 Å². The highest BCUT2D eigenvalue weighted by Gasteiger charge is 2.15. The first-order valence-electron chi connectivity index (χ1n) is 2.45. The number of hydrogen-bond donors (Lipinski definition) is 0. The average molecular weight is 152 g/mol. The normalized spacial score (nSPS) is 16.0. The van der Waals surface area contributed by atoms with Crippen LogP contribution < -0.4 is 0 Å². The van der Waals surface area contributed by atoms with E-state index in [-0.39, 0.29) is 0 Å². The first-order chi connectivity index (χ1) is 3.42. The Morgan fingerprint density at radius 3 is 1.75 bits per heavy atom. The van der Waals surface area contributed by atoms with Gasteiger partial charge in [0.1, 0.15) is 11.1 Å². The largest absolute Gasteiger partial charge is 0.335 e. The van der Waals surface area contributed by atoms with Crippen molar-refractivity contribution in [2.24, 2.45) is 0 Å². The summed E-state index contributed by atoms with van der Waals surface area (Å²) >= 11 is -1.07. The standard InChI is InChI=1S/C4H12O2SSi/c1-7(5)6-8(2,3)4/h1-4H3. The smallest absolute Gasteiger partial charge is 0.205 e. The predicted octanol–water partition coefficient (Wildman–Crippen LogP) is 1.13. The molecule has 0 aromatic rings. The third kappa shape index (κ3) is 6.33.